The van der Waals surface area contributed by atoms with Gasteiger partial charge < -0.3 is 9.84 Å². The molecule has 3 heteroatoms. The second kappa shape index (κ2) is 4.87. The van der Waals surface area contributed by atoms with Crippen molar-refractivity contribution in [1.82, 2.24) is 0 Å². The van der Waals surface area contributed by atoms with Crippen LogP contribution in [0.4, 0.5) is 0 Å². The molecule has 0 fully saturated rings. The van der Waals surface area contributed by atoms with Gasteiger partial charge in [-0.3, -0.25) is 0 Å². The zero-order chi connectivity index (χ0) is 15.2. The van der Waals surface area contributed by atoms with E-state index in [0.717, 1.165) is 11.1 Å². The lowest BCUT2D eigenvalue weighted by Gasteiger charge is -2.36. The number of hydrogen-bond donors (Lipinski definition) is 1. The molecular weight excluding hydrogens is 296 g/mol. The third kappa shape index (κ3) is 1.92. The minimum Gasteiger partial charge on any atom is -0.453 e. The van der Waals surface area contributed by atoms with Gasteiger partial charge in [-0.25, -0.2) is 0 Å². The Labute approximate surface area is 133 Å². The Morgan fingerprint density at radius 2 is 1.55 bits per heavy atom. The maximum Gasteiger partial charge on any atom is 0.262 e. The standard InChI is InChI=1S/C19H13ClO2/c20-14-10-11-15-16-8-4-5-9-18(16)22-19(21,17(15)12-14)13-6-2-1-3-7-13/h1-12,21H. The van der Waals surface area contributed by atoms with Gasteiger partial charge >= 0.3 is 0 Å². The van der Waals surface area contributed by atoms with Gasteiger partial charge in [-0.05, 0) is 23.8 Å². The van der Waals surface area contributed by atoms with E-state index < -0.39 is 5.79 Å². The van der Waals surface area contributed by atoms with E-state index in [1.807, 2.05) is 66.7 Å². The van der Waals surface area contributed by atoms with Crippen molar-refractivity contribution in [2.24, 2.45) is 0 Å². The molecule has 22 heavy (non-hydrogen) atoms. The summed E-state index contributed by atoms with van der Waals surface area (Å²) in [5, 5.41) is 11.9. The molecule has 1 aliphatic rings. The Kier molecular flexibility index (Phi) is 2.96. The van der Waals surface area contributed by atoms with E-state index >= 15 is 0 Å². The number of para-hydroxylation sites is 1. The molecule has 2 nitrogen and oxygen atoms in total. The predicted molar refractivity (Wildman–Crippen MR) is 87.0 cm³/mol. The van der Waals surface area contributed by atoms with Crippen LogP contribution in [-0.4, -0.2) is 5.11 Å². The number of fused-ring (bicyclic) bond motifs is 3. The van der Waals surface area contributed by atoms with Crippen LogP contribution in [0.2, 0.25) is 5.02 Å². The van der Waals surface area contributed by atoms with Crippen LogP contribution in [0.5, 0.6) is 5.75 Å². The minimum atomic E-state index is -1.55. The Hall–Kier alpha value is -2.29. The van der Waals surface area contributed by atoms with Crippen LogP contribution in [0.1, 0.15) is 11.1 Å². The summed E-state index contributed by atoms with van der Waals surface area (Å²) in [7, 11) is 0. The fraction of sp³-hybridized carbons (Fsp3) is 0.0526. The SMILES string of the molecule is OC1(c2ccccc2)Oc2ccccc2-c2ccc(Cl)cc21. The molecule has 0 aromatic heterocycles. The van der Waals surface area contributed by atoms with E-state index in [0.29, 0.717) is 21.9 Å². The number of hydrogen-bond acceptors (Lipinski definition) is 2. The highest BCUT2D eigenvalue weighted by Gasteiger charge is 2.40. The lowest BCUT2D eigenvalue weighted by molar-refractivity contribution is -0.110. The number of rotatable bonds is 1. The van der Waals surface area contributed by atoms with Crippen molar-refractivity contribution in [2.45, 2.75) is 5.79 Å². The van der Waals surface area contributed by atoms with Crippen LogP contribution in [0.3, 0.4) is 0 Å². The second-order valence-electron chi connectivity index (χ2n) is 5.30. The van der Waals surface area contributed by atoms with Crippen molar-refractivity contribution in [3.05, 3.63) is 88.9 Å². The summed E-state index contributed by atoms with van der Waals surface area (Å²) in [5.74, 6) is -0.890. The lowest BCUT2D eigenvalue weighted by Crippen LogP contribution is -2.37. The molecule has 0 spiro atoms. The van der Waals surface area contributed by atoms with E-state index in [9.17, 15) is 5.11 Å². The Balaban J connectivity index is 2.03. The summed E-state index contributed by atoms with van der Waals surface area (Å²) >= 11 is 6.15. The number of ether oxygens (including phenoxy) is 1. The topological polar surface area (TPSA) is 29.5 Å². The van der Waals surface area contributed by atoms with Gasteiger partial charge in [-0.1, -0.05) is 66.2 Å². The fourth-order valence-corrected chi connectivity index (χ4v) is 3.07. The number of halogens is 1. The first-order valence-corrected chi connectivity index (χ1v) is 7.42. The second-order valence-corrected chi connectivity index (χ2v) is 5.73. The van der Waals surface area contributed by atoms with Gasteiger partial charge in [0.25, 0.3) is 5.79 Å². The molecule has 1 heterocycles. The third-order valence-electron chi connectivity index (χ3n) is 3.95. The third-order valence-corrected chi connectivity index (χ3v) is 4.18. The van der Waals surface area contributed by atoms with Crippen molar-refractivity contribution in [1.29, 1.82) is 0 Å². The highest BCUT2D eigenvalue weighted by molar-refractivity contribution is 6.30. The number of benzene rings is 3. The van der Waals surface area contributed by atoms with Crippen molar-refractivity contribution in [3.63, 3.8) is 0 Å². The van der Waals surface area contributed by atoms with Crippen LogP contribution in [-0.2, 0) is 5.79 Å². The van der Waals surface area contributed by atoms with Gasteiger partial charge in [-0.15, -0.1) is 0 Å². The molecule has 1 unspecified atom stereocenters. The monoisotopic (exact) mass is 308 g/mol. The average molecular weight is 309 g/mol. The van der Waals surface area contributed by atoms with Gasteiger partial charge in [0.05, 0.1) is 0 Å². The number of aliphatic hydroxyl groups is 1. The molecule has 0 bridgehead atoms. The molecule has 3 aromatic carbocycles. The highest BCUT2D eigenvalue weighted by Crippen LogP contribution is 2.47. The Morgan fingerprint density at radius 3 is 2.36 bits per heavy atom. The molecule has 3 aromatic rings. The summed E-state index contributed by atoms with van der Waals surface area (Å²) < 4.78 is 5.98. The van der Waals surface area contributed by atoms with Gasteiger partial charge in [0.2, 0.25) is 0 Å². The van der Waals surface area contributed by atoms with Crippen LogP contribution in [0.15, 0.2) is 72.8 Å². The van der Waals surface area contributed by atoms with Crippen LogP contribution in [0.25, 0.3) is 11.1 Å². The van der Waals surface area contributed by atoms with E-state index in [1.54, 1.807) is 6.07 Å². The quantitative estimate of drug-likeness (QED) is 0.712. The first kappa shape index (κ1) is 13.4. The first-order chi connectivity index (χ1) is 10.7. The summed E-state index contributed by atoms with van der Waals surface area (Å²) in [5.41, 5.74) is 3.21. The van der Waals surface area contributed by atoms with Gasteiger partial charge in [-0.2, -0.15) is 0 Å². The van der Waals surface area contributed by atoms with E-state index in [4.69, 9.17) is 16.3 Å². The molecule has 108 valence electrons. The summed E-state index contributed by atoms with van der Waals surface area (Å²) in [6.45, 7) is 0. The zero-order valence-electron chi connectivity index (χ0n) is 11.7. The molecule has 0 aliphatic carbocycles. The van der Waals surface area contributed by atoms with Crippen LogP contribution < -0.4 is 4.74 Å². The van der Waals surface area contributed by atoms with Gasteiger partial charge in [0.1, 0.15) is 5.75 Å². The van der Waals surface area contributed by atoms with Gasteiger partial charge in [0, 0.05) is 21.7 Å². The van der Waals surface area contributed by atoms with Crippen molar-refractivity contribution in [2.75, 3.05) is 0 Å². The molecule has 0 amide bonds. The largest absolute Gasteiger partial charge is 0.453 e. The van der Waals surface area contributed by atoms with E-state index in [1.165, 1.54) is 0 Å². The molecule has 0 saturated heterocycles. The van der Waals surface area contributed by atoms with Crippen molar-refractivity contribution in [3.8, 4) is 16.9 Å². The first-order valence-electron chi connectivity index (χ1n) is 7.05. The minimum absolute atomic E-state index is 0.566. The molecule has 1 N–H and O–H groups in total. The molecule has 1 aliphatic heterocycles. The lowest BCUT2D eigenvalue weighted by atomic mass is 9.87. The van der Waals surface area contributed by atoms with Crippen LogP contribution in [0, 0.1) is 0 Å². The predicted octanol–water partition coefficient (Wildman–Crippen LogP) is 4.59. The molecule has 4 rings (SSSR count). The molecule has 0 radical (unpaired) electrons. The average Bonchev–Trinajstić information content (AvgIpc) is 2.56. The maximum absolute atomic E-state index is 11.3. The normalized spacial score (nSPS) is 19.0. The molecule has 1 atom stereocenters. The zero-order valence-corrected chi connectivity index (χ0v) is 12.4. The highest BCUT2D eigenvalue weighted by atomic mass is 35.5. The maximum atomic E-state index is 11.3. The molecular formula is C19H13ClO2. The van der Waals surface area contributed by atoms with Gasteiger partial charge in [0.15, 0.2) is 0 Å². The summed E-state index contributed by atoms with van der Waals surface area (Å²) in [6, 6.07) is 22.6. The van der Waals surface area contributed by atoms with E-state index in [2.05, 4.69) is 0 Å². The summed E-state index contributed by atoms with van der Waals surface area (Å²) in [6.07, 6.45) is 0. The van der Waals surface area contributed by atoms with Crippen LogP contribution >= 0.6 is 11.6 Å². The van der Waals surface area contributed by atoms with Crippen molar-refractivity contribution < 1.29 is 9.84 Å². The molecule has 0 saturated carbocycles. The summed E-state index contributed by atoms with van der Waals surface area (Å²) in [4.78, 5) is 0. The van der Waals surface area contributed by atoms with Crippen molar-refractivity contribution >= 4 is 11.6 Å². The Bertz CT molecular complexity index is 845. The Morgan fingerprint density at radius 1 is 0.818 bits per heavy atom. The smallest absolute Gasteiger partial charge is 0.262 e. The van der Waals surface area contributed by atoms with E-state index in [-0.39, 0.29) is 0 Å². The fourth-order valence-electron chi connectivity index (χ4n) is 2.90.